The van der Waals surface area contributed by atoms with E-state index in [0.29, 0.717) is 18.0 Å². The monoisotopic (exact) mass is 455 g/mol. The van der Waals surface area contributed by atoms with Crippen LogP contribution in [0.15, 0.2) is 6.20 Å². The molecule has 1 aliphatic heterocycles. The van der Waals surface area contributed by atoms with Gasteiger partial charge in [0.05, 0.1) is 5.56 Å². The van der Waals surface area contributed by atoms with Crippen molar-refractivity contribution in [2.75, 3.05) is 18.2 Å². The van der Waals surface area contributed by atoms with Gasteiger partial charge in [0.25, 0.3) is 5.91 Å². The summed E-state index contributed by atoms with van der Waals surface area (Å²) in [5.41, 5.74) is 0.630. The van der Waals surface area contributed by atoms with Crippen LogP contribution in [-0.2, 0) is 12.8 Å². The van der Waals surface area contributed by atoms with Gasteiger partial charge in [-0.3, -0.25) is 9.69 Å². The van der Waals surface area contributed by atoms with E-state index in [1.54, 1.807) is 0 Å². The minimum Gasteiger partial charge on any atom is -0.361 e. The van der Waals surface area contributed by atoms with Gasteiger partial charge >= 0.3 is 0 Å². The second kappa shape index (κ2) is 6.23. The molecule has 1 aromatic rings. The molecule has 0 radical (unpaired) electrons. The molecule has 1 aromatic heterocycles. The topological polar surface area (TPSA) is 55.3 Å². The van der Waals surface area contributed by atoms with Crippen molar-refractivity contribution in [3.8, 4) is 0 Å². The van der Waals surface area contributed by atoms with Crippen molar-refractivity contribution in [2.24, 2.45) is 0 Å². The zero-order chi connectivity index (χ0) is 15.8. The summed E-state index contributed by atoms with van der Waals surface area (Å²) in [4.78, 5) is 22.0. The van der Waals surface area contributed by atoms with Gasteiger partial charge in [0.15, 0.2) is 3.23 Å². The van der Waals surface area contributed by atoms with E-state index in [0.717, 1.165) is 6.04 Å². The number of hydrogen-bond donors (Lipinski definition) is 0. The van der Waals surface area contributed by atoms with Crippen LogP contribution in [0.5, 0.6) is 0 Å². The van der Waals surface area contributed by atoms with Crippen LogP contribution in [0.2, 0.25) is 31.0 Å². The van der Waals surface area contributed by atoms with Gasteiger partial charge < -0.3 is 4.74 Å². The molecule has 5 nitrogen and oxygen atoms in total. The molecule has 0 aromatic carbocycles. The van der Waals surface area contributed by atoms with Gasteiger partial charge in [-0.15, -0.1) is 0 Å². The maximum Gasteiger partial charge on any atom is 0.262 e. The Kier molecular flexibility index (Phi) is 5.14. The van der Waals surface area contributed by atoms with E-state index in [4.69, 9.17) is 16.3 Å². The second-order valence-electron chi connectivity index (χ2n) is 6.03. The van der Waals surface area contributed by atoms with Gasteiger partial charge in [-0.2, -0.15) is 4.98 Å². The van der Waals surface area contributed by atoms with E-state index >= 15 is 0 Å². The molecule has 21 heavy (non-hydrogen) atoms. The van der Waals surface area contributed by atoms with Crippen LogP contribution in [-0.4, -0.2) is 37.3 Å². The first-order valence-corrected chi connectivity index (χ1v) is 12.1. The summed E-state index contributed by atoms with van der Waals surface area (Å²) in [6.07, 6.45) is 1.54. The first-order valence-electron chi connectivity index (χ1n) is 6.43. The largest absolute Gasteiger partial charge is 0.361 e. The lowest BCUT2D eigenvalue weighted by atomic mass is 10.3. The normalized spacial score (nSPS) is 17.2. The quantitative estimate of drug-likeness (QED) is 0.293. The molecule has 0 saturated heterocycles. The Morgan fingerprint density at radius 3 is 2.71 bits per heavy atom. The number of amides is 1. The van der Waals surface area contributed by atoms with Gasteiger partial charge in [-0.05, 0) is 17.6 Å². The Hall–Kier alpha value is -0.0231. The fourth-order valence-corrected chi connectivity index (χ4v) is 3.69. The Balaban J connectivity index is 2.11. The number of alkyl halides is 2. The van der Waals surface area contributed by atoms with Crippen LogP contribution < -0.4 is 4.90 Å². The van der Waals surface area contributed by atoms with Gasteiger partial charge in [-0.1, -0.05) is 51.5 Å². The van der Waals surface area contributed by atoms with Crippen molar-refractivity contribution in [3.63, 3.8) is 0 Å². The predicted octanol–water partition coefficient (Wildman–Crippen LogP) is 3.73. The molecule has 0 bridgehead atoms. The van der Waals surface area contributed by atoms with E-state index in [1.165, 1.54) is 11.1 Å². The molecule has 9 heteroatoms. The number of carbonyl (C=O) groups is 1. The molecule has 0 aliphatic carbocycles. The molecular formula is C12H16Br2ClN3O2Si. The van der Waals surface area contributed by atoms with Crippen LogP contribution in [0.3, 0.4) is 0 Å². The summed E-state index contributed by atoms with van der Waals surface area (Å²) in [6.45, 7) is 7.62. The van der Waals surface area contributed by atoms with E-state index in [2.05, 4.69) is 61.5 Å². The van der Waals surface area contributed by atoms with Crippen molar-refractivity contribution in [3.05, 3.63) is 17.0 Å². The highest BCUT2D eigenvalue weighted by atomic mass is 79.9. The van der Waals surface area contributed by atoms with Gasteiger partial charge in [0.1, 0.15) is 12.5 Å². The van der Waals surface area contributed by atoms with E-state index in [1.807, 2.05) is 0 Å². The summed E-state index contributed by atoms with van der Waals surface area (Å²) < 4.78 is 4.64. The number of aromatic nitrogens is 2. The smallest absolute Gasteiger partial charge is 0.262 e. The molecular weight excluding hydrogens is 441 g/mol. The summed E-state index contributed by atoms with van der Waals surface area (Å²) >= 11 is 12.6. The highest BCUT2D eigenvalue weighted by Gasteiger charge is 2.49. The molecule has 1 aliphatic rings. The third-order valence-corrected chi connectivity index (χ3v) is 6.48. The van der Waals surface area contributed by atoms with Crippen molar-refractivity contribution >= 4 is 63.3 Å². The second-order valence-corrected chi connectivity index (χ2v) is 15.4. The molecule has 2 rings (SSSR count). The number of halogens is 3. The third-order valence-electron chi connectivity index (χ3n) is 3.06. The highest BCUT2D eigenvalue weighted by molar-refractivity contribution is 9.25. The maximum atomic E-state index is 12.4. The first kappa shape index (κ1) is 17.3. The molecule has 0 N–H and O–H groups in total. The summed E-state index contributed by atoms with van der Waals surface area (Å²) in [6, 6.07) is 1.04. The standard InChI is InChI=1S/C12H16Br2ClN3O2Si/c1-21(2,3)5-4-20-7-18-9-8(6-16-11(15)17-9)12(13,14)10(18)19/h6H,4-5,7H2,1-3H3. The number of ether oxygens (including phenoxy) is 1. The fraction of sp³-hybridized carbons (Fsp3) is 0.583. The van der Waals surface area contributed by atoms with Crippen molar-refractivity contribution < 1.29 is 9.53 Å². The van der Waals surface area contributed by atoms with E-state index in [-0.39, 0.29) is 17.9 Å². The first-order chi connectivity index (χ1) is 9.63. The van der Waals surface area contributed by atoms with Crippen molar-refractivity contribution in [2.45, 2.75) is 28.9 Å². The zero-order valence-electron chi connectivity index (χ0n) is 12.0. The molecule has 2 heterocycles. The van der Waals surface area contributed by atoms with E-state index in [9.17, 15) is 4.79 Å². The Morgan fingerprint density at radius 1 is 1.43 bits per heavy atom. The van der Waals surface area contributed by atoms with Crippen LogP contribution >= 0.6 is 43.5 Å². The minimum atomic E-state index is -1.15. The average molecular weight is 458 g/mol. The Morgan fingerprint density at radius 2 is 2.10 bits per heavy atom. The highest BCUT2D eigenvalue weighted by Crippen LogP contribution is 2.49. The summed E-state index contributed by atoms with van der Waals surface area (Å²) in [5.74, 6) is 0.281. The van der Waals surface area contributed by atoms with Crippen LogP contribution in [0.4, 0.5) is 5.82 Å². The summed E-state index contributed by atoms with van der Waals surface area (Å²) in [7, 11) is -1.15. The Bertz CT molecular complexity index is 566. The van der Waals surface area contributed by atoms with Gasteiger partial charge in [-0.25, -0.2) is 4.98 Å². The number of fused-ring (bicyclic) bond motifs is 1. The maximum absolute atomic E-state index is 12.4. The number of hydrogen-bond acceptors (Lipinski definition) is 4. The lowest BCUT2D eigenvalue weighted by molar-refractivity contribution is -0.119. The molecule has 0 atom stereocenters. The number of carbonyl (C=O) groups excluding carboxylic acids is 1. The molecule has 116 valence electrons. The fourth-order valence-electron chi connectivity index (χ4n) is 1.81. The van der Waals surface area contributed by atoms with Crippen molar-refractivity contribution in [1.82, 2.24) is 9.97 Å². The number of anilines is 1. The molecule has 1 amide bonds. The van der Waals surface area contributed by atoms with Gasteiger partial charge in [0.2, 0.25) is 5.28 Å². The molecule has 0 saturated carbocycles. The lowest BCUT2D eigenvalue weighted by Crippen LogP contribution is -2.35. The van der Waals surface area contributed by atoms with Crippen LogP contribution in [0.1, 0.15) is 5.56 Å². The third kappa shape index (κ3) is 3.84. The van der Waals surface area contributed by atoms with E-state index < -0.39 is 11.3 Å². The van der Waals surface area contributed by atoms with Crippen LogP contribution in [0.25, 0.3) is 0 Å². The minimum absolute atomic E-state index is 0.103. The SMILES string of the molecule is C[Si](C)(C)CCOCN1C(=O)C(Br)(Br)c2cnc(Cl)nc21. The number of nitrogens with zero attached hydrogens (tertiary/aromatic N) is 3. The molecule has 0 unspecified atom stereocenters. The van der Waals surface area contributed by atoms with Crippen molar-refractivity contribution in [1.29, 1.82) is 0 Å². The zero-order valence-corrected chi connectivity index (χ0v) is 16.9. The van der Waals surface area contributed by atoms with Gasteiger partial charge in [0, 0.05) is 20.9 Å². The molecule has 0 fully saturated rings. The lowest BCUT2D eigenvalue weighted by Gasteiger charge is -2.20. The van der Waals surface area contributed by atoms with Crippen LogP contribution in [0, 0.1) is 0 Å². The average Bonchev–Trinajstić information content (AvgIpc) is 2.53. The predicted molar refractivity (Wildman–Crippen MR) is 93.0 cm³/mol. The molecule has 0 spiro atoms. The number of rotatable bonds is 5. The summed E-state index contributed by atoms with van der Waals surface area (Å²) in [5, 5.41) is 0.103. The Labute approximate surface area is 146 Å².